The normalized spacial score (nSPS) is 22.9. The van der Waals surface area contributed by atoms with Crippen LogP contribution in [0, 0.1) is 5.92 Å². The van der Waals surface area contributed by atoms with Crippen LogP contribution in [0.1, 0.15) is 18.6 Å². The van der Waals surface area contributed by atoms with Crippen molar-refractivity contribution in [3.05, 3.63) is 34.9 Å². The number of benzene rings is 1. The van der Waals surface area contributed by atoms with Crippen LogP contribution in [-0.2, 0) is 14.4 Å². The number of oxime groups is 1. The summed E-state index contributed by atoms with van der Waals surface area (Å²) in [5.41, 5.74) is 1.47. The molecule has 17 heavy (non-hydrogen) atoms. The number of carbonyl (C=O) groups excluding carboxylic acids is 1. The van der Waals surface area contributed by atoms with Crippen LogP contribution in [0.5, 0.6) is 0 Å². The van der Waals surface area contributed by atoms with Crippen LogP contribution in [-0.4, -0.2) is 18.8 Å². The van der Waals surface area contributed by atoms with E-state index in [0.29, 0.717) is 10.7 Å². The molecule has 0 fully saturated rings. The Balaban J connectivity index is 2.27. The van der Waals surface area contributed by atoms with Crippen LogP contribution >= 0.6 is 11.6 Å². The summed E-state index contributed by atoms with van der Waals surface area (Å²) in [5, 5.41) is 4.49. The Bertz CT molecular complexity index is 455. The van der Waals surface area contributed by atoms with Gasteiger partial charge in [0.05, 0.1) is 12.8 Å². The quantitative estimate of drug-likeness (QED) is 0.761. The maximum atomic E-state index is 11.7. The first-order valence-corrected chi connectivity index (χ1v) is 5.55. The molecule has 1 aliphatic rings. The van der Waals surface area contributed by atoms with Gasteiger partial charge in [-0.2, -0.15) is 0 Å². The number of rotatable bonds is 2. The van der Waals surface area contributed by atoms with Gasteiger partial charge in [0.2, 0.25) is 0 Å². The van der Waals surface area contributed by atoms with E-state index in [2.05, 4.69) is 5.16 Å². The average molecular weight is 254 g/mol. The summed E-state index contributed by atoms with van der Waals surface area (Å²) in [6.45, 7) is 1.75. The van der Waals surface area contributed by atoms with E-state index >= 15 is 0 Å². The summed E-state index contributed by atoms with van der Waals surface area (Å²) in [6, 6.07) is 7.14. The maximum absolute atomic E-state index is 11.7. The van der Waals surface area contributed by atoms with Crippen molar-refractivity contribution in [2.24, 2.45) is 11.1 Å². The van der Waals surface area contributed by atoms with Gasteiger partial charge in [0.15, 0.2) is 6.10 Å². The first-order chi connectivity index (χ1) is 8.13. The van der Waals surface area contributed by atoms with Crippen molar-refractivity contribution in [3.63, 3.8) is 0 Å². The van der Waals surface area contributed by atoms with Crippen molar-refractivity contribution in [3.8, 4) is 0 Å². The zero-order valence-electron chi connectivity index (χ0n) is 9.51. The second kappa shape index (κ2) is 4.75. The van der Waals surface area contributed by atoms with Gasteiger partial charge in [-0.25, -0.2) is 0 Å². The lowest BCUT2D eigenvalue weighted by molar-refractivity contribution is -0.146. The summed E-state index contributed by atoms with van der Waals surface area (Å²) in [4.78, 5) is 16.9. The number of ether oxygens (including phenoxy) is 1. The number of esters is 1. The van der Waals surface area contributed by atoms with Crippen molar-refractivity contribution < 1.29 is 14.4 Å². The van der Waals surface area contributed by atoms with Crippen molar-refractivity contribution in [1.29, 1.82) is 0 Å². The molecule has 1 aliphatic heterocycles. The van der Waals surface area contributed by atoms with Gasteiger partial charge in [0, 0.05) is 5.02 Å². The van der Waals surface area contributed by atoms with Crippen molar-refractivity contribution in [1.82, 2.24) is 0 Å². The summed E-state index contributed by atoms with van der Waals surface area (Å²) in [7, 11) is 1.35. The van der Waals surface area contributed by atoms with Gasteiger partial charge in [0.1, 0.15) is 5.92 Å². The molecule has 1 aromatic carbocycles. The topological polar surface area (TPSA) is 47.9 Å². The number of nitrogens with zero attached hydrogens (tertiary/aromatic N) is 1. The molecule has 0 saturated heterocycles. The minimum atomic E-state index is -0.485. The molecule has 1 aromatic rings. The lowest BCUT2D eigenvalue weighted by atomic mass is 9.93. The second-order valence-electron chi connectivity index (χ2n) is 3.81. The monoisotopic (exact) mass is 253 g/mol. The zero-order valence-corrected chi connectivity index (χ0v) is 10.3. The van der Waals surface area contributed by atoms with Crippen LogP contribution in [0.4, 0.5) is 0 Å². The molecule has 0 saturated carbocycles. The van der Waals surface area contributed by atoms with Gasteiger partial charge in [-0.1, -0.05) is 28.9 Å². The van der Waals surface area contributed by atoms with Crippen LogP contribution in [0.3, 0.4) is 0 Å². The highest BCUT2D eigenvalue weighted by atomic mass is 35.5. The molecule has 0 spiro atoms. The molecule has 2 rings (SSSR count). The van der Waals surface area contributed by atoms with Crippen molar-refractivity contribution >= 4 is 23.3 Å². The molecule has 0 aromatic heterocycles. The number of carbonyl (C=O) groups is 1. The van der Waals surface area contributed by atoms with E-state index in [9.17, 15) is 4.79 Å². The molecule has 0 aliphatic carbocycles. The second-order valence-corrected chi connectivity index (χ2v) is 4.25. The van der Waals surface area contributed by atoms with Crippen LogP contribution < -0.4 is 0 Å². The lowest BCUT2D eigenvalue weighted by Crippen LogP contribution is -2.26. The first-order valence-electron chi connectivity index (χ1n) is 5.17. The fraction of sp³-hybridized carbons (Fsp3) is 0.333. The predicted molar refractivity (Wildman–Crippen MR) is 63.9 cm³/mol. The van der Waals surface area contributed by atoms with Gasteiger partial charge in [-0.05, 0) is 24.6 Å². The molecule has 90 valence electrons. The van der Waals surface area contributed by atoms with Crippen LogP contribution in [0.25, 0.3) is 0 Å². The molecule has 1 heterocycles. The zero-order chi connectivity index (χ0) is 12.4. The van der Waals surface area contributed by atoms with E-state index in [-0.39, 0.29) is 5.97 Å². The highest BCUT2D eigenvalue weighted by Gasteiger charge is 2.39. The minimum absolute atomic E-state index is 0.344. The Labute approximate surface area is 104 Å². The standard InChI is InChI=1S/C12H12ClNO3/c1-7-10(12(15)16-2)11(17-14-7)8-3-5-9(13)6-4-8/h3-6,10-11H,1-2H3. The van der Waals surface area contributed by atoms with Crippen LogP contribution in [0.2, 0.25) is 5.02 Å². The molecule has 2 unspecified atom stereocenters. The Morgan fingerprint density at radius 1 is 1.41 bits per heavy atom. The van der Waals surface area contributed by atoms with Gasteiger partial charge in [-0.3, -0.25) is 4.79 Å². The third-order valence-electron chi connectivity index (χ3n) is 2.72. The van der Waals surface area contributed by atoms with Gasteiger partial charge < -0.3 is 9.57 Å². The third kappa shape index (κ3) is 2.26. The summed E-state index contributed by atoms with van der Waals surface area (Å²) < 4.78 is 4.75. The Hall–Kier alpha value is -1.55. The summed E-state index contributed by atoms with van der Waals surface area (Å²) >= 11 is 5.81. The average Bonchev–Trinajstić information content (AvgIpc) is 2.71. The smallest absolute Gasteiger partial charge is 0.318 e. The summed E-state index contributed by atoms with van der Waals surface area (Å²) in [6.07, 6.45) is -0.431. The Morgan fingerprint density at radius 3 is 2.65 bits per heavy atom. The molecular formula is C12H12ClNO3. The molecule has 0 bridgehead atoms. The molecule has 2 atom stereocenters. The Morgan fingerprint density at radius 2 is 2.06 bits per heavy atom. The lowest BCUT2D eigenvalue weighted by Gasteiger charge is -2.16. The highest BCUT2D eigenvalue weighted by molar-refractivity contribution is 6.30. The fourth-order valence-electron chi connectivity index (χ4n) is 1.80. The maximum Gasteiger partial charge on any atom is 0.318 e. The molecular weight excluding hydrogens is 242 g/mol. The largest absolute Gasteiger partial charge is 0.468 e. The SMILES string of the molecule is COC(=O)C1C(C)=NOC1c1ccc(Cl)cc1. The van der Waals surface area contributed by atoms with E-state index in [0.717, 1.165) is 5.56 Å². The Kier molecular flexibility index (Phi) is 3.33. The van der Waals surface area contributed by atoms with Gasteiger partial charge in [-0.15, -0.1) is 0 Å². The van der Waals surface area contributed by atoms with Crippen LogP contribution in [0.15, 0.2) is 29.4 Å². The number of hydrogen-bond donors (Lipinski definition) is 0. The van der Waals surface area contributed by atoms with Crippen molar-refractivity contribution in [2.75, 3.05) is 7.11 Å². The summed E-state index contributed by atoms with van der Waals surface area (Å²) in [5.74, 6) is -0.829. The minimum Gasteiger partial charge on any atom is -0.468 e. The van der Waals surface area contributed by atoms with Gasteiger partial charge in [0.25, 0.3) is 0 Å². The number of halogens is 1. The number of methoxy groups -OCH3 is 1. The predicted octanol–water partition coefficient (Wildman–Crippen LogP) is 2.58. The van der Waals surface area contributed by atoms with E-state index in [1.807, 2.05) is 12.1 Å². The van der Waals surface area contributed by atoms with E-state index in [1.54, 1.807) is 19.1 Å². The fourth-order valence-corrected chi connectivity index (χ4v) is 1.93. The van der Waals surface area contributed by atoms with E-state index in [4.69, 9.17) is 21.2 Å². The van der Waals surface area contributed by atoms with Gasteiger partial charge >= 0.3 is 5.97 Å². The first kappa shape index (κ1) is 11.9. The molecule has 0 radical (unpaired) electrons. The number of hydrogen-bond acceptors (Lipinski definition) is 4. The van der Waals surface area contributed by atoms with E-state index in [1.165, 1.54) is 7.11 Å². The molecule has 0 amide bonds. The molecule has 0 N–H and O–H groups in total. The van der Waals surface area contributed by atoms with Crippen molar-refractivity contribution in [2.45, 2.75) is 13.0 Å². The molecule has 5 heteroatoms. The van der Waals surface area contributed by atoms with E-state index < -0.39 is 12.0 Å². The molecule has 4 nitrogen and oxygen atoms in total. The highest BCUT2D eigenvalue weighted by Crippen LogP contribution is 2.33. The third-order valence-corrected chi connectivity index (χ3v) is 2.97.